The van der Waals surface area contributed by atoms with Crippen LogP contribution in [0.4, 0.5) is 17.7 Å². The van der Waals surface area contributed by atoms with Crippen molar-refractivity contribution in [3.63, 3.8) is 0 Å². The molecule has 81 heavy (non-hydrogen) atoms. The highest BCUT2D eigenvalue weighted by atomic mass is 32.1. The molecule has 0 aromatic carbocycles. The Labute approximate surface area is 497 Å². The minimum Gasteiger partial charge on any atom is -0.418 e. The number of aromatic nitrogens is 3. The lowest BCUT2D eigenvalue weighted by molar-refractivity contribution is 0.172. The van der Waals surface area contributed by atoms with Crippen LogP contribution in [0.2, 0.25) is 0 Å². The number of nitrogens with one attached hydrogen (secondary N) is 3. The van der Waals surface area contributed by atoms with Gasteiger partial charge >= 0.3 is 0 Å². The number of rotatable bonds is 18. The molecule has 0 bridgehead atoms. The number of piperidine rings is 3. The zero-order valence-corrected chi connectivity index (χ0v) is 50.1. The number of oxazole rings is 3. The minimum absolute atomic E-state index is 0.250. The molecule has 0 radical (unpaired) electrons. The first kappa shape index (κ1) is 59.2. The molecule has 0 amide bonds. The van der Waals surface area contributed by atoms with E-state index >= 15 is 0 Å². The van der Waals surface area contributed by atoms with E-state index in [1.807, 2.05) is 52.5 Å². The van der Waals surface area contributed by atoms with Gasteiger partial charge in [-0.15, -0.1) is 68.0 Å². The van der Waals surface area contributed by atoms with Gasteiger partial charge in [0.05, 0.1) is 32.8 Å². The maximum absolute atomic E-state index is 9.41. The van der Waals surface area contributed by atoms with Gasteiger partial charge in [0, 0.05) is 40.9 Å². The number of hydrogen-bond donors (Lipinski definition) is 4. The number of anilines is 3. The molecule has 9 aromatic rings. The van der Waals surface area contributed by atoms with Crippen LogP contribution in [0.25, 0.3) is 32.3 Å². The number of thiophene rings is 6. The Balaban J connectivity index is 0.000000143. The smallest absolute Gasteiger partial charge is 0.240 e. The monoisotopic (exact) mass is 1200 g/mol. The van der Waals surface area contributed by atoms with Crippen LogP contribution in [0.1, 0.15) is 115 Å². The largest absolute Gasteiger partial charge is 0.418 e. The summed E-state index contributed by atoms with van der Waals surface area (Å²) in [6.07, 6.45) is 11.4. The Morgan fingerprint density at radius 2 is 0.704 bits per heavy atom. The van der Waals surface area contributed by atoms with Crippen LogP contribution in [0.3, 0.4) is 0 Å². The maximum atomic E-state index is 9.41. The van der Waals surface area contributed by atoms with Crippen LogP contribution in [0.5, 0.6) is 0 Å². The van der Waals surface area contributed by atoms with Crippen molar-refractivity contribution >= 4 is 85.7 Å². The summed E-state index contributed by atoms with van der Waals surface area (Å²) in [5.74, 6) is 2.91. The summed E-state index contributed by atoms with van der Waals surface area (Å²) in [4.78, 5) is 27.4. The Hall–Kier alpha value is -6.46. The first-order valence-corrected chi connectivity index (χ1v) is 32.7. The third-order valence-electron chi connectivity index (χ3n) is 13.9. The zero-order valence-electron chi connectivity index (χ0n) is 45.2. The molecule has 12 heterocycles. The maximum Gasteiger partial charge on any atom is 0.240 e. The lowest BCUT2D eigenvalue weighted by Gasteiger charge is -2.34. The molecule has 16 nitrogen and oxygen atoms in total. The summed E-state index contributed by atoms with van der Waals surface area (Å²) < 4.78 is 17.6. The number of likely N-dealkylation sites (tertiary alicyclic amines) is 3. The Morgan fingerprint density at radius 3 is 0.926 bits per heavy atom. The van der Waals surface area contributed by atoms with E-state index in [1.165, 1.54) is 72.4 Å². The van der Waals surface area contributed by atoms with Crippen molar-refractivity contribution in [2.75, 3.05) is 81.5 Å². The van der Waals surface area contributed by atoms with Crippen LogP contribution >= 0.6 is 68.0 Å². The molecule has 422 valence electrons. The fraction of sp³-hybridized carbons (Fsp3) is 0.390. The lowest BCUT2D eigenvalue weighted by atomic mass is 10.1. The number of aliphatic hydroxyl groups excluding tert-OH is 1. The predicted octanol–water partition coefficient (Wildman–Crippen LogP) is 14.9. The molecule has 12 rings (SSSR count). The lowest BCUT2D eigenvalue weighted by Crippen LogP contribution is -2.36. The third-order valence-corrected chi connectivity index (χ3v) is 19.4. The van der Waals surface area contributed by atoms with E-state index in [0.717, 1.165) is 53.9 Å². The van der Waals surface area contributed by atoms with Gasteiger partial charge in [-0.1, -0.05) is 55.7 Å². The van der Waals surface area contributed by atoms with Crippen LogP contribution in [0, 0.1) is 34.0 Å². The summed E-state index contributed by atoms with van der Waals surface area (Å²) in [6, 6.07) is 31.9. The average molecular weight is 1200 g/mol. The molecule has 3 atom stereocenters. The summed E-state index contributed by atoms with van der Waals surface area (Å²) in [6.45, 7) is 10.7. The third kappa shape index (κ3) is 16.2. The standard InChI is InChI=1S/3C19H20N4OS2.C2H6O/c3*20-12-14-18(24-19(22-14)17-7-5-11-26-17)21-13-15(16-6-4-10-25-16)23-8-2-1-3-9-23;1-2-3/h3*4-7,10-11,15,21H,1-3,8-9,13H2;3H,2H2,1H3. The Bertz CT molecular complexity index is 2950. The number of hydrogen-bond acceptors (Lipinski definition) is 22. The van der Waals surface area contributed by atoms with Gasteiger partial charge in [0.2, 0.25) is 52.4 Å². The summed E-state index contributed by atoms with van der Waals surface area (Å²) >= 11 is 10.0. The van der Waals surface area contributed by atoms with Crippen molar-refractivity contribution in [2.24, 2.45) is 0 Å². The summed E-state index contributed by atoms with van der Waals surface area (Å²) in [5.41, 5.74) is 0.950. The zero-order chi connectivity index (χ0) is 56.0. The second kappa shape index (κ2) is 31.1. The first-order valence-electron chi connectivity index (χ1n) is 27.5. The molecule has 3 aliphatic rings. The SMILES string of the molecule is CCO.N#Cc1nc(-c2cccs2)oc1NCC(c1cccs1)N1CCCCC1.N#Cc1nc(-c2cccs2)oc1NCC(c1cccs1)N1CCCCC1.N#Cc1nc(-c2cccs2)oc1NCC(c1cccs1)N1CCCCC1. The average Bonchev–Trinajstić information content (AvgIpc) is 4.37. The molecular weight excluding hydrogens is 1130 g/mol. The van der Waals surface area contributed by atoms with Gasteiger partial charge < -0.3 is 34.3 Å². The van der Waals surface area contributed by atoms with E-state index in [9.17, 15) is 15.8 Å². The normalized spacial score (nSPS) is 15.9. The van der Waals surface area contributed by atoms with Crippen LogP contribution < -0.4 is 16.0 Å². The van der Waals surface area contributed by atoms with Crippen molar-refractivity contribution in [1.82, 2.24) is 29.7 Å². The summed E-state index contributed by atoms with van der Waals surface area (Å²) in [7, 11) is 0. The fourth-order valence-electron chi connectivity index (χ4n) is 9.99. The molecule has 3 unspecified atom stereocenters. The topological polar surface area (TPSA) is 215 Å². The molecule has 0 spiro atoms. The van der Waals surface area contributed by atoms with Crippen molar-refractivity contribution in [3.8, 4) is 50.5 Å². The highest BCUT2D eigenvalue weighted by Gasteiger charge is 2.28. The van der Waals surface area contributed by atoms with E-state index < -0.39 is 0 Å². The van der Waals surface area contributed by atoms with Gasteiger partial charge in [-0.05, 0) is 153 Å². The fourth-order valence-corrected chi connectivity index (χ4v) is 14.5. The quantitative estimate of drug-likeness (QED) is 0.0628. The van der Waals surface area contributed by atoms with Crippen LogP contribution in [-0.2, 0) is 0 Å². The van der Waals surface area contributed by atoms with Gasteiger partial charge in [-0.25, -0.2) is 0 Å². The highest BCUT2D eigenvalue weighted by Crippen LogP contribution is 2.36. The molecule has 0 saturated carbocycles. The van der Waals surface area contributed by atoms with Gasteiger partial charge in [-0.3, -0.25) is 14.7 Å². The number of nitrogens with zero attached hydrogens (tertiary/aromatic N) is 9. The van der Waals surface area contributed by atoms with Gasteiger partial charge in [0.1, 0.15) is 18.2 Å². The van der Waals surface area contributed by atoms with Crippen LogP contribution in [0.15, 0.2) is 118 Å². The van der Waals surface area contributed by atoms with Crippen molar-refractivity contribution < 1.29 is 18.4 Å². The van der Waals surface area contributed by atoms with Gasteiger partial charge in [-0.2, -0.15) is 30.7 Å². The van der Waals surface area contributed by atoms with E-state index in [-0.39, 0.29) is 24.7 Å². The first-order chi connectivity index (χ1) is 40.0. The second-order valence-corrected chi connectivity index (χ2v) is 25.0. The molecule has 4 N–H and O–H groups in total. The molecule has 9 aromatic heterocycles. The molecule has 0 aliphatic carbocycles. The Morgan fingerprint density at radius 1 is 0.444 bits per heavy atom. The molecular formula is C59H66N12O4S6. The van der Waals surface area contributed by atoms with E-state index in [0.29, 0.717) is 72.0 Å². The van der Waals surface area contributed by atoms with E-state index in [2.05, 4.69) is 116 Å². The van der Waals surface area contributed by atoms with Gasteiger partial charge in [0.25, 0.3) is 0 Å². The molecule has 3 fully saturated rings. The van der Waals surface area contributed by atoms with Crippen molar-refractivity contribution in [3.05, 3.63) is 137 Å². The highest BCUT2D eigenvalue weighted by molar-refractivity contribution is 7.14. The Kier molecular flexibility index (Phi) is 22.7. The predicted molar refractivity (Wildman–Crippen MR) is 329 cm³/mol. The molecule has 3 aliphatic heterocycles. The number of nitriles is 3. The number of aliphatic hydroxyl groups is 1. The van der Waals surface area contributed by atoms with Crippen LogP contribution in [-0.4, -0.2) is 100 Å². The second-order valence-electron chi connectivity index (χ2n) is 19.2. The van der Waals surface area contributed by atoms with Gasteiger partial charge in [0.15, 0.2) is 0 Å². The van der Waals surface area contributed by atoms with Crippen molar-refractivity contribution in [2.45, 2.75) is 82.8 Å². The minimum atomic E-state index is 0.250. The van der Waals surface area contributed by atoms with Crippen molar-refractivity contribution in [1.29, 1.82) is 15.8 Å². The summed E-state index contributed by atoms with van der Waals surface area (Å²) in [5, 5.41) is 58.1. The molecule has 22 heteroatoms. The van der Waals surface area contributed by atoms with E-state index in [4.69, 9.17) is 18.4 Å². The van der Waals surface area contributed by atoms with E-state index in [1.54, 1.807) is 74.9 Å². The molecule has 3 saturated heterocycles.